The standard InChI is InChI=1S/C20H17ClN2O2S/c21-16-11-13(9-10-17(16)24)12-18-19(25)23(15-7-2-1-3-8-15)20(26-18)22-14-5-4-6-14/h1-3,7-12,14,24H,4-6H2/b18-12-,22-20?. The molecule has 6 heteroatoms. The molecule has 0 aromatic heterocycles. The second-order valence-electron chi connectivity index (χ2n) is 6.29. The summed E-state index contributed by atoms with van der Waals surface area (Å²) >= 11 is 7.37. The van der Waals surface area contributed by atoms with E-state index in [4.69, 9.17) is 16.6 Å². The minimum Gasteiger partial charge on any atom is -0.506 e. The van der Waals surface area contributed by atoms with Crippen LogP contribution in [0.15, 0.2) is 58.4 Å². The highest BCUT2D eigenvalue weighted by Crippen LogP contribution is 2.38. The molecular weight excluding hydrogens is 368 g/mol. The Balaban J connectivity index is 1.71. The number of thioether (sulfide) groups is 1. The number of aromatic hydroxyl groups is 1. The van der Waals surface area contributed by atoms with Gasteiger partial charge in [-0.1, -0.05) is 35.9 Å². The molecule has 1 aliphatic heterocycles. The summed E-state index contributed by atoms with van der Waals surface area (Å²) in [5.41, 5.74) is 1.58. The van der Waals surface area contributed by atoms with Crippen molar-refractivity contribution in [1.29, 1.82) is 0 Å². The summed E-state index contributed by atoms with van der Waals surface area (Å²) in [7, 11) is 0. The topological polar surface area (TPSA) is 52.9 Å². The Morgan fingerprint density at radius 1 is 1.19 bits per heavy atom. The molecule has 132 valence electrons. The fourth-order valence-electron chi connectivity index (χ4n) is 2.80. The van der Waals surface area contributed by atoms with Gasteiger partial charge < -0.3 is 5.11 Å². The molecule has 2 aliphatic rings. The van der Waals surface area contributed by atoms with Crippen molar-refractivity contribution < 1.29 is 9.90 Å². The molecule has 1 amide bonds. The molecule has 1 saturated heterocycles. The van der Waals surface area contributed by atoms with E-state index >= 15 is 0 Å². The van der Waals surface area contributed by atoms with E-state index in [1.54, 1.807) is 23.1 Å². The van der Waals surface area contributed by atoms with Gasteiger partial charge in [-0.05, 0) is 66.9 Å². The predicted octanol–water partition coefficient (Wildman–Crippen LogP) is 5.08. The van der Waals surface area contributed by atoms with Gasteiger partial charge in [0.25, 0.3) is 5.91 Å². The zero-order valence-corrected chi connectivity index (χ0v) is 15.5. The maximum absolute atomic E-state index is 13.0. The molecule has 1 heterocycles. The molecule has 4 nitrogen and oxygen atoms in total. The number of carbonyl (C=O) groups is 1. The van der Waals surface area contributed by atoms with Gasteiger partial charge in [0.1, 0.15) is 5.75 Å². The van der Waals surface area contributed by atoms with Gasteiger partial charge in [-0.2, -0.15) is 0 Å². The van der Waals surface area contributed by atoms with Gasteiger partial charge in [-0.25, -0.2) is 0 Å². The van der Waals surface area contributed by atoms with E-state index in [0.717, 1.165) is 29.3 Å². The molecule has 2 aromatic carbocycles. The summed E-state index contributed by atoms with van der Waals surface area (Å²) in [6.45, 7) is 0. The number of para-hydroxylation sites is 1. The van der Waals surface area contributed by atoms with E-state index in [-0.39, 0.29) is 16.7 Å². The quantitative estimate of drug-likeness (QED) is 0.751. The molecule has 0 unspecified atom stereocenters. The van der Waals surface area contributed by atoms with Crippen LogP contribution in [0.2, 0.25) is 5.02 Å². The maximum Gasteiger partial charge on any atom is 0.271 e. The summed E-state index contributed by atoms with van der Waals surface area (Å²) in [5, 5.41) is 10.6. The first-order valence-electron chi connectivity index (χ1n) is 8.47. The lowest BCUT2D eigenvalue weighted by atomic mass is 9.94. The third kappa shape index (κ3) is 3.37. The van der Waals surface area contributed by atoms with Crippen molar-refractivity contribution in [3.05, 3.63) is 64.0 Å². The van der Waals surface area contributed by atoms with Crippen LogP contribution < -0.4 is 4.90 Å². The number of amidine groups is 1. The monoisotopic (exact) mass is 384 g/mol. The van der Waals surface area contributed by atoms with Crippen molar-refractivity contribution in [1.82, 2.24) is 0 Å². The lowest BCUT2D eigenvalue weighted by Crippen LogP contribution is -2.30. The number of hydrogen-bond donors (Lipinski definition) is 1. The van der Waals surface area contributed by atoms with Crippen LogP contribution in [0.3, 0.4) is 0 Å². The van der Waals surface area contributed by atoms with Crippen molar-refractivity contribution in [2.75, 3.05) is 4.90 Å². The normalized spacial score (nSPS) is 20.8. The largest absolute Gasteiger partial charge is 0.506 e. The van der Waals surface area contributed by atoms with Gasteiger partial charge in [-0.15, -0.1) is 0 Å². The lowest BCUT2D eigenvalue weighted by Gasteiger charge is -2.23. The number of carbonyl (C=O) groups excluding carboxylic acids is 1. The van der Waals surface area contributed by atoms with Crippen LogP contribution in [0.25, 0.3) is 6.08 Å². The number of phenols is 1. The Kier molecular flexibility index (Phi) is 4.74. The Morgan fingerprint density at radius 2 is 1.96 bits per heavy atom. The summed E-state index contributed by atoms with van der Waals surface area (Å²) in [6, 6.07) is 14.8. The van der Waals surface area contributed by atoms with Crippen molar-refractivity contribution in [2.45, 2.75) is 25.3 Å². The summed E-state index contributed by atoms with van der Waals surface area (Å²) in [6.07, 6.45) is 5.14. The van der Waals surface area contributed by atoms with Crippen molar-refractivity contribution >= 4 is 46.2 Å². The fraction of sp³-hybridized carbons (Fsp3) is 0.200. The number of aliphatic imine (C=N–C) groups is 1. The smallest absolute Gasteiger partial charge is 0.271 e. The van der Waals surface area contributed by atoms with Crippen LogP contribution in [-0.2, 0) is 4.79 Å². The van der Waals surface area contributed by atoms with E-state index in [1.807, 2.05) is 30.3 Å². The molecule has 1 saturated carbocycles. The number of benzene rings is 2. The van der Waals surface area contributed by atoms with E-state index < -0.39 is 0 Å². The SMILES string of the molecule is O=C1/C(=C/c2ccc(O)c(Cl)c2)SC(=NC2CCC2)N1c1ccccc1. The highest BCUT2D eigenvalue weighted by atomic mass is 35.5. The predicted molar refractivity (Wildman–Crippen MR) is 108 cm³/mol. The van der Waals surface area contributed by atoms with Gasteiger partial charge >= 0.3 is 0 Å². The molecule has 0 bridgehead atoms. The minimum atomic E-state index is -0.0940. The number of anilines is 1. The minimum absolute atomic E-state index is 0.0253. The molecule has 0 spiro atoms. The number of halogens is 1. The van der Waals surface area contributed by atoms with E-state index in [9.17, 15) is 9.90 Å². The zero-order valence-electron chi connectivity index (χ0n) is 13.9. The summed E-state index contributed by atoms with van der Waals surface area (Å²) < 4.78 is 0. The average molecular weight is 385 g/mol. The Labute approximate surface area is 161 Å². The number of nitrogens with zero attached hydrogens (tertiary/aromatic N) is 2. The molecule has 2 fully saturated rings. The average Bonchev–Trinajstić information content (AvgIpc) is 2.91. The second-order valence-corrected chi connectivity index (χ2v) is 7.71. The van der Waals surface area contributed by atoms with Crippen LogP contribution in [0.1, 0.15) is 24.8 Å². The zero-order chi connectivity index (χ0) is 18.1. The third-order valence-corrected chi connectivity index (χ3v) is 5.74. The van der Waals surface area contributed by atoms with Crippen LogP contribution >= 0.6 is 23.4 Å². The molecule has 2 aromatic rings. The van der Waals surface area contributed by atoms with E-state index in [0.29, 0.717) is 10.9 Å². The number of amides is 1. The molecule has 0 atom stereocenters. The molecular formula is C20H17ClN2O2S. The molecule has 1 aliphatic carbocycles. The molecule has 1 N–H and O–H groups in total. The van der Waals surface area contributed by atoms with Crippen molar-refractivity contribution in [3.8, 4) is 5.75 Å². The number of hydrogen-bond acceptors (Lipinski definition) is 4. The van der Waals surface area contributed by atoms with Gasteiger partial charge in [0, 0.05) is 0 Å². The first kappa shape index (κ1) is 17.2. The number of rotatable bonds is 3. The van der Waals surface area contributed by atoms with Crippen LogP contribution in [-0.4, -0.2) is 22.2 Å². The Hall–Kier alpha value is -2.24. The first-order valence-corrected chi connectivity index (χ1v) is 9.66. The summed E-state index contributed by atoms with van der Waals surface area (Å²) in [5.74, 6) is -0.0687. The van der Waals surface area contributed by atoms with Gasteiger partial charge in [0.2, 0.25) is 0 Å². The Morgan fingerprint density at radius 3 is 2.62 bits per heavy atom. The van der Waals surface area contributed by atoms with Gasteiger partial charge in [0.15, 0.2) is 5.17 Å². The van der Waals surface area contributed by atoms with E-state index in [2.05, 4.69) is 0 Å². The fourth-order valence-corrected chi connectivity index (χ4v) is 4.04. The van der Waals surface area contributed by atoms with E-state index in [1.165, 1.54) is 24.2 Å². The Bertz CT molecular complexity index is 907. The van der Waals surface area contributed by atoms with Crippen molar-refractivity contribution in [3.63, 3.8) is 0 Å². The lowest BCUT2D eigenvalue weighted by molar-refractivity contribution is -0.113. The van der Waals surface area contributed by atoms with Gasteiger partial charge in [0.05, 0.1) is 21.7 Å². The third-order valence-electron chi connectivity index (χ3n) is 4.46. The van der Waals surface area contributed by atoms with Crippen LogP contribution in [0.4, 0.5) is 5.69 Å². The van der Waals surface area contributed by atoms with Crippen molar-refractivity contribution in [2.24, 2.45) is 4.99 Å². The highest BCUT2D eigenvalue weighted by molar-refractivity contribution is 8.19. The summed E-state index contributed by atoms with van der Waals surface area (Å²) in [4.78, 5) is 20.1. The second kappa shape index (κ2) is 7.17. The van der Waals surface area contributed by atoms with Gasteiger partial charge in [-0.3, -0.25) is 14.7 Å². The van der Waals surface area contributed by atoms with Crippen LogP contribution in [0.5, 0.6) is 5.75 Å². The maximum atomic E-state index is 13.0. The molecule has 4 rings (SSSR count). The van der Waals surface area contributed by atoms with Crippen LogP contribution in [0, 0.1) is 0 Å². The molecule has 0 radical (unpaired) electrons. The highest BCUT2D eigenvalue weighted by Gasteiger charge is 2.35. The number of phenolic OH excluding ortho intramolecular Hbond substituents is 1. The first-order chi connectivity index (χ1) is 12.6. The molecule has 26 heavy (non-hydrogen) atoms.